The van der Waals surface area contributed by atoms with Crippen molar-refractivity contribution in [2.24, 2.45) is 5.41 Å². The highest BCUT2D eigenvalue weighted by atomic mass is 19.4. The van der Waals surface area contributed by atoms with Crippen LogP contribution in [-0.4, -0.2) is 41.0 Å². The summed E-state index contributed by atoms with van der Waals surface area (Å²) in [4.78, 5) is 25.2. The third-order valence-electron chi connectivity index (χ3n) is 4.43. The monoisotopic (exact) mass is 344 g/mol. The van der Waals surface area contributed by atoms with E-state index in [1.165, 1.54) is 12.1 Å². The quantitative estimate of drug-likeness (QED) is 0.881. The van der Waals surface area contributed by atoms with Crippen molar-refractivity contribution in [1.82, 2.24) is 4.90 Å². The lowest BCUT2D eigenvalue weighted by molar-refractivity contribution is -0.147. The van der Waals surface area contributed by atoms with Gasteiger partial charge in [-0.15, -0.1) is 0 Å². The number of carboxylic acids is 1. The molecular weight excluding hydrogens is 325 g/mol. The van der Waals surface area contributed by atoms with E-state index in [4.69, 9.17) is 0 Å². The maximum Gasteiger partial charge on any atom is 0.416 e. The highest BCUT2D eigenvalue weighted by Crippen LogP contribution is 2.32. The van der Waals surface area contributed by atoms with E-state index in [1.54, 1.807) is 18.7 Å². The van der Waals surface area contributed by atoms with Crippen LogP contribution in [0.5, 0.6) is 0 Å². The molecule has 1 saturated heterocycles. The Labute approximate surface area is 137 Å². The number of carbonyl (C=O) groups excluding carboxylic acids is 1. The molecule has 0 spiro atoms. The number of amides is 1. The molecule has 2 unspecified atom stereocenters. The van der Waals surface area contributed by atoms with E-state index < -0.39 is 29.2 Å². The number of likely N-dealkylation sites (tertiary alicyclic amines) is 1. The third-order valence-corrected chi connectivity index (χ3v) is 4.43. The SMILES string of the molecule is CC(C(=O)Nc1ccc(C(F)(F)F)cc1)N1CCC(C)(C(=O)O)C1. The molecular formula is C16H19F3N2O3. The molecule has 0 radical (unpaired) electrons. The number of carbonyl (C=O) groups is 2. The van der Waals surface area contributed by atoms with Gasteiger partial charge in [0.05, 0.1) is 17.0 Å². The van der Waals surface area contributed by atoms with E-state index in [2.05, 4.69) is 5.32 Å². The minimum absolute atomic E-state index is 0.254. The van der Waals surface area contributed by atoms with Crippen LogP contribution in [0.4, 0.5) is 18.9 Å². The average Bonchev–Trinajstić information content (AvgIpc) is 2.90. The molecule has 0 aromatic heterocycles. The molecule has 0 aliphatic carbocycles. The number of hydrogen-bond donors (Lipinski definition) is 2. The number of rotatable bonds is 4. The molecule has 1 aliphatic rings. The van der Waals surface area contributed by atoms with Gasteiger partial charge in [-0.05, 0) is 44.5 Å². The molecule has 8 heteroatoms. The number of hydrogen-bond acceptors (Lipinski definition) is 3. The molecule has 0 saturated carbocycles. The maximum atomic E-state index is 12.5. The highest BCUT2D eigenvalue weighted by molar-refractivity contribution is 5.94. The van der Waals surface area contributed by atoms with E-state index in [0.717, 1.165) is 12.1 Å². The van der Waals surface area contributed by atoms with Crippen molar-refractivity contribution in [3.8, 4) is 0 Å². The van der Waals surface area contributed by atoms with Gasteiger partial charge < -0.3 is 10.4 Å². The van der Waals surface area contributed by atoms with Crippen LogP contribution in [0.2, 0.25) is 0 Å². The second kappa shape index (κ2) is 6.43. The first kappa shape index (κ1) is 18.3. The Morgan fingerprint density at radius 1 is 1.29 bits per heavy atom. The number of aliphatic carboxylic acids is 1. The molecule has 1 aromatic carbocycles. The topological polar surface area (TPSA) is 69.6 Å². The highest BCUT2D eigenvalue weighted by Gasteiger charge is 2.42. The second-order valence-corrected chi connectivity index (χ2v) is 6.33. The first-order valence-electron chi connectivity index (χ1n) is 7.48. The molecule has 24 heavy (non-hydrogen) atoms. The fourth-order valence-corrected chi connectivity index (χ4v) is 2.66. The van der Waals surface area contributed by atoms with Gasteiger partial charge in [-0.25, -0.2) is 0 Å². The van der Waals surface area contributed by atoms with Gasteiger partial charge in [0.25, 0.3) is 0 Å². The van der Waals surface area contributed by atoms with Crippen molar-refractivity contribution in [2.75, 3.05) is 18.4 Å². The number of benzene rings is 1. The maximum absolute atomic E-state index is 12.5. The van der Waals surface area contributed by atoms with Gasteiger partial charge in [0, 0.05) is 18.8 Å². The molecule has 132 valence electrons. The lowest BCUT2D eigenvalue weighted by Crippen LogP contribution is -2.42. The smallest absolute Gasteiger partial charge is 0.416 e. The minimum Gasteiger partial charge on any atom is -0.481 e. The molecule has 5 nitrogen and oxygen atoms in total. The van der Waals surface area contributed by atoms with Gasteiger partial charge in [-0.1, -0.05) is 0 Å². The number of nitrogens with zero attached hydrogens (tertiary/aromatic N) is 1. The Balaban J connectivity index is 1.99. The Morgan fingerprint density at radius 3 is 2.33 bits per heavy atom. The summed E-state index contributed by atoms with van der Waals surface area (Å²) in [7, 11) is 0. The van der Waals surface area contributed by atoms with Crippen molar-refractivity contribution in [3.63, 3.8) is 0 Å². The molecule has 1 aromatic rings. The van der Waals surface area contributed by atoms with Gasteiger partial charge in [-0.3, -0.25) is 14.5 Å². The van der Waals surface area contributed by atoms with Crippen LogP contribution in [0.25, 0.3) is 0 Å². The zero-order chi connectivity index (χ0) is 18.1. The van der Waals surface area contributed by atoms with Gasteiger partial charge in [0.2, 0.25) is 5.91 Å². The molecule has 1 heterocycles. The summed E-state index contributed by atoms with van der Waals surface area (Å²) in [6.45, 7) is 4.01. The standard InChI is InChI=1S/C16H19F3N2O3/c1-10(21-8-7-15(2,9-21)14(23)24)13(22)20-12-5-3-11(4-6-12)16(17,18)19/h3-6,10H,7-9H2,1-2H3,(H,20,22)(H,23,24). The number of anilines is 1. The molecule has 2 N–H and O–H groups in total. The van der Waals surface area contributed by atoms with Crippen molar-refractivity contribution in [1.29, 1.82) is 0 Å². The zero-order valence-corrected chi connectivity index (χ0v) is 13.4. The van der Waals surface area contributed by atoms with E-state index in [9.17, 15) is 27.9 Å². The van der Waals surface area contributed by atoms with Crippen molar-refractivity contribution >= 4 is 17.6 Å². The number of alkyl halides is 3. The number of halogens is 3. The normalized spacial score (nSPS) is 23.0. The summed E-state index contributed by atoms with van der Waals surface area (Å²) in [6.07, 6.45) is -3.98. The summed E-state index contributed by atoms with van der Waals surface area (Å²) in [5.41, 5.74) is -1.41. The molecule has 2 atom stereocenters. The summed E-state index contributed by atoms with van der Waals surface area (Å²) < 4.78 is 37.5. The first-order valence-corrected chi connectivity index (χ1v) is 7.48. The number of nitrogens with one attached hydrogen (secondary N) is 1. The van der Waals surface area contributed by atoms with Crippen molar-refractivity contribution in [2.45, 2.75) is 32.5 Å². The van der Waals surface area contributed by atoms with Crippen LogP contribution in [0, 0.1) is 5.41 Å². The fourth-order valence-electron chi connectivity index (χ4n) is 2.66. The van der Waals surface area contributed by atoms with E-state index in [0.29, 0.717) is 13.0 Å². The van der Waals surface area contributed by atoms with Gasteiger partial charge >= 0.3 is 12.1 Å². The molecule has 1 fully saturated rings. The molecule has 1 aliphatic heterocycles. The minimum atomic E-state index is -4.42. The van der Waals surface area contributed by atoms with Crippen LogP contribution >= 0.6 is 0 Å². The molecule has 0 bridgehead atoms. The number of carboxylic acid groups (broad SMARTS) is 1. The van der Waals surface area contributed by atoms with Gasteiger partial charge in [0.1, 0.15) is 0 Å². The Hall–Kier alpha value is -2.09. The zero-order valence-electron chi connectivity index (χ0n) is 13.4. The average molecular weight is 344 g/mol. The lowest BCUT2D eigenvalue weighted by atomic mass is 9.90. The van der Waals surface area contributed by atoms with Crippen LogP contribution in [0.1, 0.15) is 25.8 Å². The Kier molecular flexibility index (Phi) is 4.89. The third kappa shape index (κ3) is 3.87. The fraction of sp³-hybridized carbons (Fsp3) is 0.500. The first-order chi connectivity index (χ1) is 11.0. The second-order valence-electron chi connectivity index (χ2n) is 6.33. The summed E-state index contributed by atoms with van der Waals surface area (Å²) in [6, 6.07) is 3.61. The Bertz CT molecular complexity index is 630. The van der Waals surface area contributed by atoms with Crippen molar-refractivity contribution in [3.05, 3.63) is 29.8 Å². The van der Waals surface area contributed by atoms with Crippen LogP contribution in [0.3, 0.4) is 0 Å². The van der Waals surface area contributed by atoms with Crippen molar-refractivity contribution < 1.29 is 27.9 Å². The van der Waals surface area contributed by atoms with Gasteiger partial charge in [0.15, 0.2) is 0 Å². The molecule has 2 rings (SSSR count). The largest absolute Gasteiger partial charge is 0.481 e. The van der Waals surface area contributed by atoms with Crippen LogP contribution < -0.4 is 5.32 Å². The Morgan fingerprint density at radius 2 is 1.88 bits per heavy atom. The molecule has 1 amide bonds. The summed E-state index contributed by atoms with van der Waals surface area (Å²) in [5, 5.41) is 11.8. The predicted octanol–water partition coefficient (Wildman–Crippen LogP) is 2.83. The van der Waals surface area contributed by atoms with Crippen LogP contribution in [0.15, 0.2) is 24.3 Å². The van der Waals surface area contributed by atoms with Gasteiger partial charge in [-0.2, -0.15) is 13.2 Å². The summed E-state index contributed by atoms with van der Waals surface area (Å²) in [5.74, 6) is -1.29. The van der Waals surface area contributed by atoms with E-state index in [1.807, 2.05) is 0 Å². The lowest BCUT2D eigenvalue weighted by Gasteiger charge is -2.25. The summed E-state index contributed by atoms with van der Waals surface area (Å²) >= 11 is 0. The predicted molar refractivity (Wildman–Crippen MR) is 81.5 cm³/mol. The van der Waals surface area contributed by atoms with E-state index in [-0.39, 0.29) is 18.1 Å². The van der Waals surface area contributed by atoms with Crippen LogP contribution in [-0.2, 0) is 15.8 Å². The van der Waals surface area contributed by atoms with E-state index >= 15 is 0 Å².